The van der Waals surface area contributed by atoms with Gasteiger partial charge in [-0.2, -0.15) is 0 Å². The first kappa shape index (κ1) is 23.0. The Morgan fingerprint density at radius 3 is 2.13 bits per heavy atom. The quantitative estimate of drug-likeness (QED) is 0.572. The minimum absolute atomic E-state index is 0.0502. The van der Waals surface area contributed by atoms with Gasteiger partial charge < -0.3 is 20.1 Å². The number of methoxy groups -OCH3 is 1. The predicted octanol–water partition coefficient (Wildman–Crippen LogP) is 4.98. The smallest absolute Gasteiger partial charge is 0.248 e. The standard InChI is InChI=1S/C24H30N2O4/c1-16(2)15-30-21-12-6-18(14-22(21)29-5)7-13-23(27)25-19-8-10-20(11-9-19)26-24(28)17(3)4/h6-14,16-17H,15H2,1-5H3,(H,25,27)(H,26,28)/b13-7+. The first-order valence-electron chi connectivity index (χ1n) is 9.99. The van der Waals surface area contributed by atoms with Crippen LogP contribution in [0.4, 0.5) is 11.4 Å². The zero-order valence-electron chi connectivity index (χ0n) is 18.2. The van der Waals surface area contributed by atoms with Gasteiger partial charge in [0.1, 0.15) is 0 Å². The Morgan fingerprint density at radius 2 is 1.57 bits per heavy atom. The fourth-order valence-corrected chi connectivity index (χ4v) is 2.44. The van der Waals surface area contributed by atoms with Crippen molar-refractivity contribution in [2.45, 2.75) is 27.7 Å². The lowest BCUT2D eigenvalue weighted by Gasteiger charge is -2.12. The van der Waals surface area contributed by atoms with Crippen molar-refractivity contribution in [1.29, 1.82) is 0 Å². The fraction of sp³-hybridized carbons (Fsp3) is 0.333. The van der Waals surface area contributed by atoms with Crippen molar-refractivity contribution in [2.24, 2.45) is 11.8 Å². The third-order valence-corrected chi connectivity index (χ3v) is 4.13. The van der Waals surface area contributed by atoms with E-state index in [9.17, 15) is 9.59 Å². The van der Waals surface area contributed by atoms with E-state index in [1.807, 2.05) is 32.0 Å². The third kappa shape index (κ3) is 7.28. The van der Waals surface area contributed by atoms with Crippen LogP contribution in [-0.2, 0) is 9.59 Å². The highest BCUT2D eigenvalue weighted by atomic mass is 16.5. The average Bonchev–Trinajstić information content (AvgIpc) is 2.72. The zero-order valence-corrected chi connectivity index (χ0v) is 18.2. The summed E-state index contributed by atoms with van der Waals surface area (Å²) in [6.45, 7) is 8.43. The maximum absolute atomic E-state index is 12.2. The van der Waals surface area contributed by atoms with Crippen LogP contribution >= 0.6 is 0 Å². The number of benzene rings is 2. The van der Waals surface area contributed by atoms with Gasteiger partial charge in [-0.3, -0.25) is 9.59 Å². The SMILES string of the molecule is COc1cc(/C=C/C(=O)Nc2ccc(NC(=O)C(C)C)cc2)ccc1OCC(C)C. The molecule has 0 aromatic heterocycles. The lowest BCUT2D eigenvalue weighted by atomic mass is 10.1. The van der Waals surface area contributed by atoms with Gasteiger partial charge in [-0.25, -0.2) is 0 Å². The van der Waals surface area contributed by atoms with Gasteiger partial charge in [-0.05, 0) is 54.0 Å². The van der Waals surface area contributed by atoms with E-state index in [1.165, 1.54) is 6.08 Å². The van der Waals surface area contributed by atoms with Crippen LogP contribution in [0.15, 0.2) is 48.5 Å². The Hall–Kier alpha value is -3.28. The molecule has 0 atom stereocenters. The molecule has 2 amide bonds. The maximum Gasteiger partial charge on any atom is 0.248 e. The molecule has 30 heavy (non-hydrogen) atoms. The van der Waals surface area contributed by atoms with E-state index in [2.05, 4.69) is 24.5 Å². The van der Waals surface area contributed by atoms with Crippen LogP contribution in [0.3, 0.4) is 0 Å². The van der Waals surface area contributed by atoms with Crippen LogP contribution in [0.25, 0.3) is 6.08 Å². The predicted molar refractivity (Wildman–Crippen MR) is 121 cm³/mol. The van der Waals surface area contributed by atoms with E-state index < -0.39 is 0 Å². The molecule has 2 N–H and O–H groups in total. The zero-order chi connectivity index (χ0) is 22.1. The number of rotatable bonds is 9. The van der Waals surface area contributed by atoms with Crippen molar-refractivity contribution < 1.29 is 19.1 Å². The molecule has 160 valence electrons. The Kier molecular flexibility index (Phi) is 8.47. The molecule has 0 unspecified atom stereocenters. The molecule has 6 heteroatoms. The number of carbonyl (C=O) groups is 2. The van der Waals surface area contributed by atoms with Crippen molar-refractivity contribution >= 4 is 29.3 Å². The summed E-state index contributed by atoms with van der Waals surface area (Å²) < 4.78 is 11.1. The first-order valence-corrected chi connectivity index (χ1v) is 9.99. The van der Waals surface area contributed by atoms with Gasteiger partial charge >= 0.3 is 0 Å². The van der Waals surface area contributed by atoms with Crippen molar-refractivity contribution in [3.8, 4) is 11.5 Å². The normalized spacial score (nSPS) is 11.0. The summed E-state index contributed by atoms with van der Waals surface area (Å²) in [6.07, 6.45) is 3.17. The molecule has 0 fully saturated rings. The topological polar surface area (TPSA) is 76.7 Å². The molecule has 2 aromatic rings. The van der Waals surface area contributed by atoms with E-state index in [4.69, 9.17) is 9.47 Å². The van der Waals surface area contributed by atoms with Crippen molar-refractivity contribution in [1.82, 2.24) is 0 Å². The molecule has 0 saturated carbocycles. The molecule has 0 heterocycles. The summed E-state index contributed by atoms with van der Waals surface area (Å²) in [4.78, 5) is 23.9. The molecule has 0 saturated heterocycles. The highest BCUT2D eigenvalue weighted by molar-refractivity contribution is 6.02. The van der Waals surface area contributed by atoms with Gasteiger partial charge in [-0.1, -0.05) is 33.8 Å². The molecule has 0 spiro atoms. The largest absolute Gasteiger partial charge is 0.493 e. The third-order valence-electron chi connectivity index (χ3n) is 4.13. The fourth-order valence-electron chi connectivity index (χ4n) is 2.44. The van der Waals surface area contributed by atoms with Crippen LogP contribution in [-0.4, -0.2) is 25.5 Å². The van der Waals surface area contributed by atoms with Gasteiger partial charge in [0.2, 0.25) is 11.8 Å². The van der Waals surface area contributed by atoms with E-state index >= 15 is 0 Å². The molecule has 0 aliphatic carbocycles. The number of hydrogen-bond acceptors (Lipinski definition) is 4. The molecule has 0 radical (unpaired) electrons. The molecular formula is C24H30N2O4. The Balaban J connectivity index is 1.96. The Morgan fingerprint density at radius 1 is 0.933 bits per heavy atom. The summed E-state index contributed by atoms with van der Waals surface area (Å²) in [5.74, 6) is 1.32. The van der Waals surface area contributed by atoms with Crippen LogP contribution in [0, 0.1) is 11.8 Å². The van der Waals surface area contributed by atoms with Gasteiger partial charge in [0.25, 0.3) is 0 Å². The van der Waals surface area contributed by atoms with Crippen LogP contribution in [0.2, 0.25) is 0 Å². The molecular weight excluding hydrogens is 380 g/mol. The number of nitrogens with one attached hydrogen (secondary N) is 2. The lowest BCUT2D eigenvalue weighted by Crippen LogP contribution is -2.17. The molecule has 6 nitrogen and oxygen atoms in total. The first-order chi connectivity index (χ1) is 14.3. The molecule has 0 aliphatic rings. The van der Waals surface area contributed by atoms with Crippen LogP contribution in [0.1, 0.15) is 33.3 Å². The molecule has 2 rings (SSSR count). The van der Waals surface area contributed by atoms with Crippen LogP contribution in [0.5, 0.6) is 11.5 Å². The number of amides is 2. The number of carbonyl (C=O) groups excluding carboxylic acids is 2. The number of hydrogen-bond donors (Lipinski definition) is 2. The Labute approximate surface area is 178 Å². The monoisotopic (exact) mass is 410 g/mol. The van der Waals surface area contributed by atoms with Crippen molar-refractivity contribution in [2.75, 3.05) is 24.4 Å². The maximum atomic E-state index is 12.2. The molecule has 0 bridgehead atoms. The minimum Gasteiger partial charge on any atom is -0.493 e. The molecule has 0 aliphatic heterocycles. The van der Waals surface area contributed by atoms with Crippen molar-refractivity contribution in [3.63, 3.8) is 0 Å². The summed E-state index contributed by atoms with van der Waals surface area (Å²) in [6, 6.07) is 12.5. The van der Waals surface area contributed by atoms with E-state index in [-0.39, 0.29) is 17.7 Å². The highest BCUT2D eigenvalue weighted by Gasteiger charge is 2.08. The van der Waals surface area contributed by atoms with E-state index in [0.29, 0.717) is 35.4 Å². The van der Waals surface area contributed by atoms with Gasteiger partial charge in [0.05, 0.1) is 13.7 Å². The van der Waals surface area contributed by atoms with Crippen molar-refractivity contribution in [3.05, 3.63) is 54.1 Å². The van der Waals surface area contributed by atoms with Gasteiger partial charge in [0, 0.05) is 23.4 Å². The summed E-state index contributed by atoms with van der Waals surface area (Å²) in [5, 5.41) is 5.61. The van der Waals surface area contributed by atoms with Gasteiger partial charge in [-0.15, -0.1) is 0 Å². The number of ether oxygens (including phenoxy) is 2. The molecule has 2 aromatic carbocycles. The summed E-state index contributed by atoms with van der Waals surface area (Å²) in [7, 11) is 1.59. The second-order valence-corrected chi connectivity index (χ2v) is 7.66. The minimum atomic E-state index is -0.256. The highest BCUT2D eigenvalue weighted by Crippen LogP contribution is 2.29. The average molecular weight is 411 g/mol. The van der Waals surface area contributed by atoms with E-state index in [0.717, 1.165) is 5.56 Å². The lowest BCUT2D eigenvalue weighted by molar-refractivity contribution is -0.119. The van der Waals surface area contributed by atoms with Crippen LogP contribution < -0.4 is 20.1 Å². The second kappa shape index (κ2) is 11.0. The number of anilines is 2. The Bertz CT molecular complexity index is 887. The summed E-state index contributed by atoms with van der Waals surface area (Å²) >= 11 is 0. The van der Waals surface area contributed by atoms with E-state index in [1.54, 1.807) is 37.5 Å². The van der Waals surface area contributed by atoms with Gasteiger partial charge in [0.15, 0.2) is 11.5 Å². The second-order valence-electron chi connectivity index (χ2n) is 7.66. The summed E-state index contributed by atoms with van der Waals surface area (Å²) in [5.41, 5.74) is 2.15.